The Hall–Kier alpha value is -3.56. The Balaban J connectivity index is 1.39. The molecule has 9 heteroatoms. The molecular formula is C22H22N6O3. The van der Waals surface area contributed by atoms with E-state index in [0.717, 1.165) is 42.2 Å². The fraction of sp³-hybridized carbons (Fsp3) is 0.273. The molecule has 0 bridgehead atoms. The molecule has 0 spiro atoms. The van der Waals surface area contributed by atoms with Crippen LogP contribution in [0, 0.1) is 5.41 Å². The molecule has 0 amide bonds. The fourth-order valence-corrected chi connectivity index (χ4v) is 3.67. The van der Waals surface area contributed by atoms with Gasteiger partial charge in [0, 0.05) is 40.2 Å². The number of rotatable bonds is 7. The molecule has 0 unspecified atom stereocenters. The zero-order valence-electron chi connectivity index (χ0n) is 17.0. The van der Waals surface area contributed by atoms with Crippen LogP contribution in [0.25, 0.3) is 16.8 Å². The molecule has 0 saturated carbocycles. The number of nitrogens with zero attached hydrogens (tertiary/aromatic N) is 5. The van der Waals surface area contributed by atoms with E-state index in [9.17, 15) is 4.79 Å². The lowest BCUT2D eigenvalue weighted by atomic mass is 9.89. The molecule has 9 nitrogen and oxygen atoms in total. The van der Waals surface area contributed by atoms with Gasteiger partial charge in [-0.15, -0.1) is 5.10 Å². The third-order valence-electron chi connectivity index (χ3n) is 5.36. The molecule has 1 aliphatic rings. The lowest BCUT2D eigenvalue weighted by Gasteiger charge is -2.37. The Morgan fingerprint density at radius 2 is 2.06 bits per heavy atom. The number of ketones is 1. The van der Waals surface area contributed by atoms with E-state index in [4.69, 9.17) is 9.84 Å². The summed E-state index contributed by atoms with van der Waals surface area (Å²) in [5.74, 6) is 0.127. The van der Waals surface area contributed by atoms with E-state index in [-0.39, 0.29) is 11.2 Å². The summed E-state index contributed by atoms with van der Waals surface area (Å²) in [6.07, 6.45) is 5.71. The highest BCUT2D eigenvalue weighted by molar-refractivity contribution is 5.97. The van der Waals surface area contributed by atoms with Crippen molar-refractivity contribution >= 4 is 23.1 Å². The number of carbonyl (C=O) groups excluding carboxylic acids is 1. The Morgan fingerprint density at radius 1 is 1.26 bits per heavy atom. The topological polar surface area (TPSA) is 107 Å². The molecular weight excluding hydrogens is 396 g/mol. The van der Waals surface area contributed by atoms with Gasteiger partial charge in [-0.05, 0) is 36.4 Å². The van der Waals surface area contributed by atoms with Crippen molar-refractivity contribution in [2.24, 2.45) is 5.41 Å². The lowest BCUT2D eigenvalue weighted by Crippen LogP contribution is -2.43. The first kappa shape index (κ1) is 19.4. The van der Waals surface area contributed by atoms with Crippen molar-refractivity contribution in [1.29, 1.82) is 0 Å². The number of hydrogen-bond acceptors (Lipinski definition) is 7. The Morgan fingerprint density at radius 3 is 2.77 bits per heavy atom. The van der Waals surface area contributed by atoms with Gasteiger partial charge in [0.1, 0.15) is 6.61 Å². The average Bonchev–Trinajstić information content (AvgIpc) is 3.38. The van der Waals surface area contributed by atoms with E-state index in [1.165, 1.54) is 0 Å². The summed E-state index contributed by atoms with van der Waals surface area (Å²) in [5, 5.41) is 21.1. The van der Waals surface area contributed by atoms with Crippen LogP contribution in [0.1, 0.15) is 17.3 Å². The maximum absolute atomic E-state index is 11.6. The summed E-state index contributed by atoms with van der Waals surface area (Å²) in [6.45, 7) is 4.01. The molecule has 4 aromatic rings. The summed E-state index contributed by atoms with van der Waals surface area (Å²) in [5.41, 5.74) is 3.97. The number of hydrogen-bond donors (Lipinski definition) is 2. The second-order valence-corrected chi connectivity index (χ2v) is 8.14. The summed E-state index contributed by atoms with van der Waals surface area (Å²) >= 11 is 0. The molecule has 1 fully saturated rings. The van der Waals surface area contributed by atoms with Crippen molar-refractivity contribution in [1.82, 2.24) is 24.4 Å². The van der Waals surface area contributed by atoms with Crippen molar-refractivity contribution in [3.8, 4) is 11.1 Å². The van der Waals surface area contributed by atoms with Crippen molar-refractivity contribution < 1.29 is 14.6 Å². The molecule has 4 heterocycles. The van der Waals surface area contributed by atoms with E-state index in [1.54, 1.807) is 28.8 Å². The van der Waals surface area contributed by atoms with Gasteiger partial charge in [-0.25, -0.2) is 4.52 Å². The minimum atomic E-state index is -0.507. The van der Waals surface area contributed by atoms with Gasteiger partial charge in [0.05, 0.1) is 26.0 Å². The van der Waals surface area contributed by atoms with E-state index < -0.39 is 6.61 Å². The highest BCUT2D eigenvalue weighted by Crippen LogP contribution is 2.30. The maximum Gasteiger partial charge on any atom is 0.247 e. The maximum atomic E-state index is 11.6. The predicted molar refractivity (Wildman–Crippen MR) is 114 cm³/mol. The van der Waals surface area contributed by atoms with Gasteiger partial charge in [-0.2, -0.15) is 10.1 Å². The van der Waals surface area contributed by atoms with Crippen LogP contribution in [-0.2, 0) is 11.3 Å². The molecule has 3 aromatic heterocycles. The van der Waals surface area contributed by atoms with Crippen molar-refractivity contribution in [3.05, 3.63) is 60.6 Å². The van der Waals surface area contributed by atoms with Crippen LogP contribution in [0.2, 0.25) is 0 Å². The standard InChI is InChI=1S/C22H22N6O3/c1-22(13-31-14-22)12-27-10-16(9-23-27)18-3-2-8-28-20(18)25-21(26-28)24-17-6-4-15(5-7-17)19(30)11-29/h2-10,29H,11-14H2,1H3,(H,24,26). The van der Waals surface area contributed by atoms with Crippen molar-refractivity contribution in [2.75, 3.05) is 25.1 Å². The fourth-order valence-electron chi connectivity index (χ4n) is 3.67. The first-order valence-electron chi connectivity index (χ1n) is 10.0. The minimum Gasteiger partial charge on any atom is -0.388 e. The first-order valence-corrected chi connectivity index (χ1v) is 10.0. The van der Waals surface area contributed by atoms with Gasteiger partial charge in [-0.3, -0.25) is 9.48 Å². The number of aliphatic hydroxyl groups is 1. The number of pyridine rings is 1. The Labute approximate surface area is 178 Å². The van der Waals surface area contributed by atoms with E-state index in [1.807, 2.05) is 35.4 Å². The van der Waals surface area contributed by atoms with Gasteiger partial charge in [0.25, 0.3) is 0 Å². The highest BCUT2D eigenvalue weighted by atomic mass is 16.5. The molecule has 158 valence electrons. The normalized spacial score (nSPS) is 15.0. The highest BCUT2D eigenvalue weighted by Gasteiger charge is 2.34. The van der Waals surface area contributed by atoms with Crippen LogP contribution in [0.3, 0.4) is 0 Å². The summed E-state index contributed by atoms with van der Waals surface area (Å²) in [4.78, 5) is 16.2. The largest absolute Gasteiger partial charge is 0.388 e. The quantitative estimate of drug-likeness (QED) is 0.444. The first-order chi connectivity index (χ1) is 15.0. The zero-order chi connectivity index (χ0) is 21.4. The smallest absolute Gasteiger partial charge is 0.247 e. The molecule has 2 N–H and O–H groups in total. The van der Waals surface area contributed by atoms with E-state index >= 15 is 0 Å². The molecule has 1 aromatic carbocycles. The molecule has 0 aliphatic carbocycles. The molecule has 1 aliphatic heterocycles. The second-order valence-electron chi connectivity index (χ2n) is 8.14. The van der Waals surface area contributed by atoms with Gasteiger partial charge in [-0.1, -0.05) is 6.92 Å². The van der Waals surface area contributed by atoms with Gasteiger partial charge in [0.15, 0.2) is 11.4 Å². The molecule has 1 saturated heterocycles. The molecule has 0 atom stereocenters. The Bertz CT molecular complexity index is 1240. The van der Waals surface area contributed by atoms with Gasteiger partial charge < -0.3 is 15.2 Å². The number of fused-ring (bicyclic) bond motifs is 1. The van der Waals surface area contributed by atoms with Crippen molar-refractivity contribution in [3.63, 3.8) is 0 Å². The second kappa shape index (κ2) is 7.60. The number of nitrogens with one attached hydrogen (secondary N) is 1. The molecule has 31 heavy (non-hydrogen) atoms. The van der Waals surface area contributed by atoms with E-state index in [0.29, 0.717) is 11.5 Å². The lowest BCUT2D eigenvalue weighted by molar-refractivity contribution is -0.111. The third-order valence-corrected chi connectivity index (χ3v) is 5.36. The van der Waals surface area contributed by atoms with Gasteiger partial charge in [0.2, 0.25) is 5.95 Å². The summed E-state index contributed by atoms with van der Waals surface area (Å²) in [6, 6.07) is 10.7. The molecule has 5 rings (SSSR count). The summed E-state index contributed by atoms with van der Waals surface area (Å²) < 4.78 is 9.01. The third kappa shape index (κ3) is 3.80. The molecule has 0 radical (unpaired) electrons. The summed E-state index contributed by atoms with van der Waals surface area (Å²) in [7, 11) is 0. The zero-order valence-corrected chi connectivity index (χ0v) is 17.0. The Kier molecular flexibility index (Phi) is 4.76. The van der Waals surface area contributed by atoms with Crippen LogP contribution >= 0.6 is 0 Å². The SMILES string of the molecule is CC1(Cn2cc(-c3cccn4nc(Nc5ccc(C(=O)CO)cc5)nc34)cn2)COC1. The number of Topliss-reactive ketones (excluding diaryl/α,β-unsaturated/α-hetero) is 1. The monoisotopic (exact) mass is 418 g/mol. The number of aromatic nitrogens is 5. The number of benzene rings is 1. The van der Waals surface area contributed by atoms with Crippen LogP contribution in [0.4, 0.5) is 11.6 Å². The van der Waals surface area contributed by atoms with E-state index in [2.05, 4.69) is 27.4 Å². The van der Waals surface area contributed by atoms with Crippen LogP contribution < -0.4 is 5.32 Å². The minimum absolute atomic E-state index is 0.137. The van der Waals surface area contributed by atoms with Crippen LogP contribution in [0.5, 0.6) is 0 Å². The number of ether oxygens (including phenoxy) is 1. The number of aliphatic hydroxyl groups excluding tert-OH is 1. The van der Waals surface area contributed by atoms with Gasteiger partial charge >= 0.3 is 0 Å². The van der Waals surface area contributed by atoms with Crippen LogP contribution in [0.15, 0.2) is 55.0 Å². The number of carbonyl (C=O) groups is 1. The van der Waals surface area contributed by atoms with Crippen molar-refractivity contribution in [2.45, 2.75) is 13.5 Å². The van der Waals surface area contributed by atoms with Crippen LogP contribution in [-0.4, -0.2) is 55.1 Å². The average molecular weight is 418 g/mol. The number of anilines is 2. The predicted octanol–water partition coefficient (Wildman–Crippen LogP) is 2.55.